The Balaban J connectivity index is 5.38. The largest absolute Gasteiger partial charge is 0.479 e. The van der Waals surface area contributed by atoms with Crippen molar-refractivity contribution in [2.75, 3.05) is 13.2 Å². The van der Waals surface area contributed by atoms with Crippen molar-refractivity contribution in [2.45, 2.75) is 111 Å². The fourth-order valence-corrected chi connectivity index (χ4v) is 4.41. The van der Waals surface area contributed by atoms with E-state index < -0.39 is 24.9 Å². The SMILES string of the molecule is CCCCCCOP(=O)(OCCCCCC)N(OC(C)(C)C(=O)O)C(C)(C)C. The van der Waals surface area contributed by atoms with Gasteiger partial charge in [0, 0.05) is 5.54 Å². The molecule has 168 valence electrons. The normalized spacial score (nSPS) is 13.3. The van der Waals surface area contributed by atoms with Crippen molar-refractivity contribution in [1.29, 1.82) is 0 Å². The van der Waals surface area contributed by atoms with Crippen molar-refractivity contribution < 1.29 is 28.4 Å². The van der Waals surface area contributed by atoms with Crippen LogP contribution in [0.25, 0.3) is 0 Å². The average Bonchev–Trinajstić information content (AvgIpc) is 2.58. The summed E-state index contributed by atoms with van der Waals surface area (Å²) in [6, 6.07) is 0. The van der Waals surface area contributed by atoms with E-state index >= 15 is 0 Å². The first-order valence-electron chi connectivity index (χ1n) is 10.5. The summed E-state index contributed by atoms with van der Waals surface area (Å²) in [5.74, 6) is -1.15. The van der Waals surface area contributed by atoms with E-state index in [4.69, 9.17) is 13.9 Å². The topological polar surface area (TPSA) is 85.3 Å². The Bertz CT molecular complexity index is 472. The van der Waals surface area contributed by atoms with Gasteiger partial charge in [0.05, 0.1) is 13.2 Å². The van der Waals surface area contributed by atoms with E-state index in [0.29, 0.717) is 0 Å². The third-order valence-corrected chi connectivity index (χ3v) is 6.28. The molecular formula is C20H42NO6P. The second-order valence-corrected chi connectivity index (χ2v) is 10.4. The van der Waals surface area contributed by atoms with E-state index in [2.05, 4.69) is 13.8 Å². The number of aliphatic carboxylic acids is 1. The van der Waals surface area contributed by atoms with E-state index in [9.17, 15) is 14.5 Å². The van der Waals surface area contributed by atoms with Crippen molar-refractivity contribution in [1.82, 2.24) is 4.83 Å². The molecule has 0 amide bonds. The van der Waals surface area contributed by atoms with Gasteiger partial charge in [0.25, 0.3) is 0 Å². The fourth-order valence-electron chi connectivity index (χ4n) is 2.37. The van der Waals surface area contributed by atoms with Crippen molar-refractivity contribution in [3.05, 3.63) is 0 Å². The minimum Gasteiger partial charge on any atom is -0.479 e. The van der Waals surface area contributed by atoms with E-state index in [1.165, 1.54) is 13.8 Å². The molecule has 0 heterocycles. The summed E-state index contributed by atoms with van der Waals surface area (Å²) >= 11 is 0. The molecule has 0 bridgehead atoms. The second kappa shape index (κ2) is 13.0. The lowest BCUT2D eigenvalue weighted by atomic mass is 10.1. The minimum absolute atomic E-state index is 0.273. The lowest BCUT2D eigenvalue weighted by Crippen LogP contribution is -2.48. The molecule has 0 unspecified atom stereocenters. The number of carboxylic acid groups (broad SMARTS) is 1. The molecule has 0 saturated carbocycles. The molecule has 0 aliphatic carbocycles. The van der Waals surface area contributed by atoms with Gasteiger partial charge in [-0.25, -0.2) is 9.36 Å². The maximum absolute atomic E-state index is 13.7. The zero-order valence-electron chi connectivity index (χ0n) is 19.0. The summed E-state index contributed by atoms with van der Waals surface area (Å²) < 4.78 is 25.2. The van der Waals surface area contributed by atoms with Crippen LogP contribution in [0.3, 0.4) is 0 Å². The maximum Gasteiger partial charge on any atom is 0.431 e. The van der Waals surface area contributed by atoms with Crippen LogP contribution in [0.4, 0.5) is 0 Å². The van der Waals surface area contributed by atoms with Gasteiger partial charge in [0.2, 0.25) is 0 Å². The lowest BCUT2D eigenvalue weighted by molar-refractivity contribution is -0.235. The van der Waals surface area contributed by atoms with Gasteiger partial charge >= 0.3 is 13.7 Å². The molecule has 8 heteroatoms. The lowest BCUT2D eigenvalue weighted by Gasteiger charge is -2.41. The Kier molecular flexibility index (Phi) is 12.8. The zero-order chi connectivity index (χ0) is 21.8. The summed E-state index contributed by atoms with van der Waals surface area (Å²) in [5.41, 5.74) is -2.35. The molecular weight excluding hydrogens is 381 g/mol. The zero-order valence-corrected chi connectivity index (χ0v) is 19.8. The number of hydrogen-bond donors (Lipinski definition) is 1. The molecule has 0 radical (unpaired) electrons. The van der Waals surface area contributed by atoms with E-state index in [0.717, 1.165) is 56.2 Å². The number of rotatable bonds is 16. The number of carboxylic acids is 1. The Morgan fingerprint density at radius 3 is 1.61 bits per heavy atom. The summed E-state index contributed by atoms with van der Waals surface area (Å²) in [6.07, 6.45) is 7.82. The summed E-state index contributed by atoms with van der Waals surface area (Å²) in [7, 11) is -3.84. The van der Waals surface area contributed by atoms with Crippen molar-refractivity contribution in [2.24, 2.45) is 0 Å². The highest BCUT2D eigenvalue weighted by Crippen LogP contribution is 2.56. The number of nitrogens with zero attached hydrogens (tertiary/aromatic N) is 1. The third kappa shape index (κ3) is 10.4. The third-order valence-electron chi connectivity index (χ3n) is 4.13. The van der Waals surface area contributed by atoms with Gasteiger partial charge in [-0.3, -0.25) is 13.9 Å². The van der Waals surface area contributed by atoms with Crippen molar-refractivity contribution in [3.8, 4) is 0 Å². The molecule has 0 atom stereocenters. The Morgan fingerprint density at radius 1 is 0.857 bits per heavy atom. The van der Waals surface area contributed by atoms with Gasteiger partial charge in [0.15, 0.2) is 5.60 Å². The van der Waals surface area contributed by atoms with Gasteiger partial charge in [-0.1, -0.05) is 57.2 Å². The summed E-state index contributed by atoms with van der Waals surface area (Å²) in [4.78, 5) is 18.4. The predicted octanol–water partition coefficient (Wildman–Crippen LogP) is 6.18. The number of unbranched alkanes of at least 4 members (excludes halogenated alkanes) is 6. The molecule has 0 aliphatic rings. The molecule has 28 heavy (non-hydrogen) atoms. The van der Waals surface area contributed by atoms with Crippen molar-refractivity contribution >= 4 is 13.7 Å². The summed E-state index contributed by atoms with van der Waals surface area (Å²) in [5, 5.41) is 9.44. The van der Waals surface area contributed by atoms with Crippen LogP contribution in [0.2, 0.25) is 0 Å². The highest BCUT2D eigenvalue weighted by Gasteiger charge is 2.47. The Morgan fingerprint density at radius 2 is 1.29 bits per heavy atom. The average molecular weight is 424 g/mol. The smallest absolute Gasteiger partial charge is 0.431 e. The summed E-state index contributed by atoms with van der Waals surface area (Å²) in [6.45, 7) is 13.0. The quantitative estimate of drug-likeness (QED) is 0.180. The Labute approximate surface area is 171 Å². The predicted molar refractivity (Wildman–Crippen MR) is 112 cm³/mol. The van der Waals surface area contributed by atoms with E-state index in [1.54, 1.807) is 20.8 Å². The number of hydrogen-bond acceptors (Lipinski definition) is 5. The minimum atomic E-state index is -3.84. The van der Waals surface area contributed by atoms with Crippen LogP contribution in [0.15, 0.2) is 0 Å². The number of hydroxylamine groups is 1. The van der Waals surface area contributed by atoms with E-state index in [1.807, 2.05) is 0 Å². The van der Waals surface area contributed by atoms with Crippen LogP contribution < -0.4 is 0 Å². The van der Waals surface area contributed by atoms with E-state index in [-0.39, 0.29) is 13.2 Å². The molecule has 0 aromatic heterocycles. The van der Waals surface area contributed by atoms with Gasteiger partial charge in [-0.15, -0.1) is 0 Å². The molecule has 0 aliphatic heterocycles. The van der Waals surface area contributed by atoms with Crippen LogP contribution in [0.1, 0.15) is 99.8 Å². The van der Waals surface area contributed by atoms with Crippen molar-refractivity contribution in [3.63, 3.8) is 0 Å². The van der Waals surface area contributed by atoms with Crippen LogP contribution >= 0.6 is 7.75 Å². The van der Waals surface area contributed by atoms with Crippen LogP contribution in [-0.4, -0.2) is 40.3 Å². The standard InChI is InChI=1S/C20H42NO6P/c1-8-10-12-14-16-25-28(24,26-17-15-13-11-9-2)21(19(3,4)5)27-20(6,7)18(22)23/h8-17H2,1-7H3,(H,22,23). The van der Waals surface area contributed by atoms with Crippen LogP contribution in [-0.2, 0) is 23.2 Å². The van der Waals surface area contributed by atoms with Crippen LogP contribution in [0, 0.1) is 0 Å². The molecule has 0 aromatic rings. The highest BCUT2D eigenvalue weighted by atomic mass is 31.2. The monoisotopic (exact) mass is 423 g/mol. The van der Waals surface area contributed by atoms with Crippen LogP contribution in [0.5, 0.6) is 0 Å². The highest BCUT2D eigenvalue weighted by molar-refractivity contribution is 7.51. The van der Waals surface area contributed by atoms with Gasteiger partial charge in [-0.05, 0) is 47.5 Å². The number of carbonyl (C=O) groups is 1. The molecule has 0 spiro atoms. The van der Waals surface area contributed by atoms with Gasteiger partial charge < -0.3 is 5.11 Å². The molecule has 0 fully saturated rings. The first-order valence-corrected chi connectivity index (χ1v) is 12.0. The maximum atomic E-state index is 13.7. The Hall–Kier alpha value is -0.460. The van der Waals surface area contributed by atoms with Gasteiger partial charge in [-0.2, -0.15) is 0 Å². The fraction of sp³-hybridized carbons (Fsp3) is 0.950. The molecule has 1 N–H and O–H groups in total. The molecule has 0 saturated heterocycles. The first-order chi connectivity index (χ1) is 12.9. The molecule has 0 rings (SSSR count). The first kappa shape index (κ1) is 27.5. The molecule has 7 nitrogen and oxygen atoms in total. The van der Waals surface area contributed by atoms with Gasteiger partial charge in [0.1, 0.15) is 0 Å². The second-order valence-electron chi connectivity index (χ2n) is 8.61. The molecule has 0 aromatic carbocycles.